The molecule has 1 fully saturated rings. The molecule has 0 aromatic carbocycles. The fourth-order valence-electron chi connectivity index (χ4n) is 1.33. The summed E-state index contributed by atoms with van der Waals surface area (Å²) in [6.07, 6.45) is 2.03. The van der Waals surface area contributed by atoms with Crippen LogP contribution in [0, 0.1) is 0 Å². The number of primary sulfonamides is 1. The molecule has 0 aromatic rings. The minimum Gasteiger partial charge on any atom is -0.337 e. The fourth-order valence-corrected chi connectivity index (χ4v) is 1.72. The lowest BCUT2D eigenvalue weighted by molar-refractivity contribution is 0.209. The van der Waals surface area contributed by atoms with E-state index in [0.29, 0.717) is 0 Å². The van der Waals surface area contributed by atoms with Crippen molar-refractivity contribution in [2.24, 2.45) is 5.14 Å². The Bertz CT molecular complexity index is 295. The Morgan fingerprint density at radius 2 is 1.93 bits per heavy atom. The van der Waals surface area contributed by atoms with Crippen LogP contribution in [0.5, 0.6) is 0 Å². The third-order valence-corrected chi connectivity index (χ3v) is 2.83. The zero-order valence-electron chi connectivity index (χ0n) is 7.90. The molecule has 1 aliphatic heterocycles. The van der Waals surface area contributed by atoms with Crippen molar-refractivity contribution in [2.45, 2.75) is 12.8 Å². The summed E-state index contributed by atoms with van der Waals surface area (Å²) in [6.45, 7) is 1.58. The predicted octanol–water partition coefficient (Wildman–Crippen LogP) is -0.920. The summed E-state index contributed by atoms with van der Waals surface area (Å²) in [5, 5.41) is 7.29. The summed E-state index contributed by atoms with van der Waals surface area (Å²) < 4.78 is 21.1. The second-order valence-corrected chi connectivity index (χ2v) is 5.03. The van der Waals surface area contributed by atoms with Gasteiger partial charge in [0.25, 0.3) is 0 Å². The van der Waals surface area contributed by atoms with E-state index >= 15 is 0 Å². The third-order valence-electron chi connectivity index (χ3n) is 2.06. The molecule has 6 nitrogen and oxygen atoms in total. The highest BCUT2D eigenvalue weighted by Crippen LogP contribution is 2.06. The minimum absolute atomic E-state index is 0.0775. The molecule has 0 spiro atoms. The molecule has 1 heterocycles. The van der Waals surface area contributed by atoms with E-state index in [2.05, 4.69) is 5.32 Å². The molecule has 0 radical (unpaired) electrons. The summed E-state index contributed by atoms with van der Waals surface area (Å²) in [5.41, 5.74) is 0. The lowest BCUT2D eigenvalue weighted by Crippen LogP contribution is -2.40. The lowest BCUT2D eigenvalue weighted by atomic mass is 10.4. The van der Waals surface area contributed by atoms with Gasteiger partial charge in [-0.25, -0.2) is 18.4 Å². The number of carbonyl (C=O) groups excluding carboxylic acids is 1. The van der Waals surface area contributed by atoms with Gasteiger partial charge >= 0.3 is 6.03 Å². The van der Waals surface area contributed by atoms with Crippen molar-refractivity contribution in [1.29, 1.82) is 0 Å². The van der Waals surface area contributed by atoms with Crippen molar-refractivity contribution >= 4 is 16.1 Å². The van der Waals surface area contributed by atoms with E-state index in [4.69, 9.17) is 5.14 Å². The lowest BCUT2D eigenvalue weighted by Gasteiger charge is -2.15. The van der Waals surface area contributed by atoms with Crippen molar-refractivity contribution in [3.05, 3.63) is 0 Å². The first kappa shape index (κ1) is 11.3. The number of hydrogen-bond acceptors (Lipinski definition) is 3. The third kappa shape index (κ3) is 3.93. The number of carbonyl (C=O) groups is 1. The number of nitrogens with one attached hydrogen (secondary N) is 1. The van der Waals surface area contributed by atoms with Crippen LogP contribution in [0.15, 0.2) is 0 Å². The SMILES string of the molecule is NS(=O)(=O)CCNC(=O)N1CCCC1. The van der Waals surface area contributed by atoms with Gasteiger partial charge in [0.15, 0.2) is 0 Å². The molecule has 0 bridgehead atoms. The smallest absolute Gasteiger partial charge is 0.317 e. The highest BCUT2D eigenvalue weighted by atomic mass is 32.2. The molecule has 1 saturated heterocycles. The molecule has 1 rings (SSSR count). The van der Waals surface area contributed by atoms with Crippen LogP contribution in [0.25, 0.3) is 0 Å². The van der Waals surface area contributed by atoms with Gasteiger partial charge in [0.1, 0.15) is 0 Å². The van der Waals surface area contributed by atoms with E-state index in [1.54, 1.807) is 4.90 Å². The summed E-state index contributed by atoms with van der Waals surface area (Å²) >= 11 is 0. The second kappa shape index (κ2) is 4.61. The van der Waals surface area contributed by atoms with Gasteiger partial charge in [-0.3, -0.25) is 0 Å². The molecule has 0 saturated carbocycles. The molecule has 14 heavy (non-hydrogen) atoms. The minimum atomic E-state index is -3.48. The molecule has 0 unspecified atom stereocenters. The van der Waals surface area contributed by atoms with E-state index < -0.39 is 10.0 Å². The Morgan fingerprint density at radius 3 is 2.43 bits per heavy atom. The van der Waals surface area contributed by atoms with Crippen LogP contribution in [0.4, 0.5) is 4.79 Å². The second-order valence-electron chi connectivity index (χ2n) is 3.29. The summed E-state index contributed by atoms with van der Waals surface area (Å²) in [7, 11) is -3.48. The molecule has 3 N–H and O–H groups in total. The molecule has 82 valence electrons. The number of sulfonamides is 1. The Labute approximate surface area is 83.5 Å². The summed E-state index contributed by atoms with van der Waals surface area (Å²) in [6, 6.07) is -0.203. The Hall–Kier alpha value is -0.820. The van der Waals surface area contributed by atoms with Gasteiger partial charge in [-0.15, -0.1) is 0 Å². The van der Waals surface area contributed by atoms with Crippen LogP contribution < -0.4 is 10.5 Å². The molecule has 1 aliphatic rings. The van der Waals surface area contributed by atoms with Gasteiger partial charge in [0.05, 0.1) is 5.75 Å². The van der Waals surface area contributed by atoms with E-state index in [-0.39, 0.29) is 18.3 Å². The largest absolute Gasteiger partial charge is 0.337 e. The van der Waals surface area contributed by atoms with Crippen LogP contribution in [0.1, 0.15) is 12.8 Å². The van der Waals surface area contributed by atoms with E-state index in [0.717, 1.165) is 25.9 Å². The summed E-state index contributed by atoms with van der Waals surface area (Å²) in [4.78, 5) is 13.0. The molecule has 7 heteroatoms. The highest BCUT2D eigenvalue weighted by molar-refractivity contribution is 7.89. The van der Waals surface area contributed by atoms with E-state index in [9.17, 15) is 13.2 Å². The van der Waals surface area contributed by atoms with Crippen molar-refractivity contribution < 1.29 is 13.2 Å². The molecule has 0 aliphatic carbocycles. The van der Waals surface area contributed by atoms with Crippen LogP contribution in [-0.2, 0) is 10.0 Å². The quantitative estimate of drug-likeness (QED) is 0.645. The molecule has 0 aromatic heterocycles. The monoisotopic (exact) mass is 221 g/mol. The maximum Gasteiger partial charge on any atom is 0.317 e. The molecule has 2 amide bonds. The molecular weight excluding hydrogens is 206 g/mol. The van der Waals surface area contributed by atoms with Crippen LogP contribution in [-0.4, -0.2) is 44.7 Å². The molecular formula is C7H15N3O3S. The zero-order valence-corrected chi connectivity index (χ0v) is 8.72. The average Bonchev–Trinajstić information content (AvgIpc) is 2.53. The highest BCUT2D eigenvalue weighted by Gasteiger charge is 2.17. The van der Waals surface area contributed by atoms with E-state index in [1.807, 2.05) is 0 Å². The van der Waals surface area contributed by atoms with Gasteiger partial charge < -0.3 is 10.2 Å². The van der Waals surface area contributed by atoms with Gasteiger partial charge in [-0.1, -0.05) is 0 Å². The number of rotatable bonds is 3. The maximum atomic E-state index is 11.3. The number of likely N-dealkylation sites (tertiary alicyclic amines) is 1. The van der Waals surface area contributed by atoms with Gasteiger partial charge in [0, 0.05) is 19.6 Å². The number of urea groups is 1. The van der Waals surface area contributed by atoms with Gasteiger partial charge in [-0.05, 0) is 12.8 Å². The number of nitrogens with two attached hydrogens (primary N) is 1. The average molecular weight is 221 g/mol. The van der Waals surface area contributed by atoms with E-state index in [1.165, 1.54) is 0 Å². The first-order chi connectivity index (χ1) is 6.49. The predicted molar refractivity (Wildman–Crippen MR) is 52.2 cm³/mol. The van der Waals surface area contributed by atoms with Crippen LogP contribution in [0.2, 0.25) is 0 Å². The van der Waals surface area contributed by atoms with Crippen LogP contribution >= 0.6 is 0 Å². The summed E-state index contributed by atoms with van der Waals surface area (Å²) in [5.74, 6) is -0.216. The standard InChI is InChI=1S/C7H15N3O3S/c8-14(12,13)6-3-9-7(11)10-4-1-2-5-10/h1-6H2,(H,9,11)(H2,8,12,13). The molecule has 0 atom stereocenters. The fraction of sp³-hybridized carbons (Fsp3) is 0.857. The number of hydrogen-bond donors (Lipinski definition) is 2. The normalized spacial score (nSPS) is 17.1. The topological polar surface area (TPSA) is 92.5 Å². The Morgan fingerprint density at radius 1 is 1.36 bits per heavy atom. The van der Waals surface area contributed by atoms with Crippen molar-refractivity contribution in [1.82, 2.24) is 10.2 Å². The van der Waals surface area contributed by atoms with Crippen molar-refractivity contribution in [2.75, 3.05) is 25.4 Å². The van der Waals surface area contributed by atoms with Crippen molar-refractivity contribution in [3.63, 3.8) is 0 Å². The Balaban J connectivity index is 2.21. The number of nitrogens with zero attached hydrogens (tertiary/aromatic N) is 1. The Kier molecular flexibility index (Phi) is 3.70. The van der Waals surface area contributed by atoms with Gasteiger partial charge in [-0.2, -0.15) is 0 Å². The van der Waals surface area contributed by atoms with Crippen LogP contribution in [0.3, 0.4) is 0 Å². The maximum absolute atomic E-state index is 11.3. The first-order valence-electron chi connectivity index (χ1n) is 4.52. The number of amides is 2. The zero-order chi connectivity index (χ0) is 10.6. The van der Waals surface area contributed by atoms with Crippen molar-refractivity contribution in [3.8, 4) is 0 Å². The first-order valence-corrected chi connectivity index (χ1v) is 6.24. The van der Waals surface area contributed by atoms with Gasteiger partial charge in [0.2, 0.25) is 10.0 Å².